The molecule has 2 fully saturated rings. The molecule has 1 aromatic carbocycles. The predicted molar refractivity (Wildman–Crippen MR) is 110 cm³/mol. The third kappa shape index (κ3) is 4.49. The van der Waals surface area contributed by atoms with Crippen molar-refractivity contribution in [2.75, 3.05) is 37.6 Å². The van der Waals surface area contributed by atoms with Crippen molar-refractivity contribution in [1.82, 2.24) is 15.2 Å². The first-order valence-corrected chi connectivity index (χ1v) is 9.57. The Hall–Kier alpha value is -1.33. The SMILES string of the molecule is Cl.Clc1cccc(C2CNCCN2Cc2ccc(N3CCCC3)nc2)c1. The number of nitrogens with zero attached hydrogens (tertiary/aromatic N) is 3. The van der Waals surface area contributed by atoms with Gasteiger partial charge in [-0.3, -0.25) is 4.90 Å². The first kappa shape index (κ1) is 19.4. The van der Waals surface area contributed by atoms with Gasteiger partial charge in [0, 0.05) is 56.5 Å². The lowest BCUT2D eigenvalue weighted by molar-refractivity contribution is 0.153. The van der Waals surface area contributed by atoms with E-state index in [1.807, 2.05) is 18.3 Å². The lowest BCUT2D eigenvalue weighted by Gasteiger charge is -2.36. The Labute approximate surface area is 167 Å². The lowest BCUT2D eigenvalue weighted by atomic mass is 10.0. The van der Waals surface area contributed by atoms with E-state index >= 15 is 0 Å². The molecule has 3 heterocycles. The van der Waals surface area contributed by atoms with Gasteiger partial charge in [0.1, 0.15) is 5.82 Å². The molecule has 0 saturated carbocycles. The van der Waals surface area contributed by atoms with Crippen molar-refractivity contribution in [3.63, 3.8) is 0 Å². The fourth-order valence-corrected chi connectivity index (χ4v) is 4.05. The van der Waals surface area contributed by atoms with Gasteiger partial charge < -0.3 is 10.2 Å². The smallest absolute Gasteiger partial charge is 0.128 e. The van der Waals surface area contributed by atoms with Gasteiger partial charge >= 0.3 is 0 Å². The third-order valence-electron chi connectivity index (χ3n) is 5.21. The van der Waals surface area contributed by atoms with Crippen LogP contribution in [0.5, 0.6) is 0 Å². The molecule has 0 bridgehead atoms. The minimum Gasteiger partial charge on any atom is -0.357 e. The van der Waals surface area contributed by atoms with Gasteiger partial charge in [0.2, 0.25) is 0 Å². The highest BCUT2D eigenvalue weighted by Gasteiger charge is 2.24. The second-order valence-corrected chi connectivity index (χ2v) is 7.40. The van der Waals surface area contributed by atoms with Crippen LogP contribution in [0.4, 0.5) is 5.82 Å². The van der Waals surface area contributed by atoms with Gasteiger partial charge in [0.25, 0.3) is 0 Å². The fourth-order valence-electron chi connectivity index (χ4n) is 3.86. The highest BCUT2D eigenvalue weighted by atomic mass is 35.5. The molecule has 1 N–H and O–H groups in total. The molecule has 4 nitrogen and oxygen atoms in total. The van der Waals surface area contributed by atoms with E-state index in [0.717, 1.165) is 50.1 Å². The molecule has 0 radical (unpaired) electrons. The van der Waals surface area contributed by atoms with Crippen molar-refractivity contribution in [1.29, 1.82) is 0 Å². The summed E-state index contributed by atoms with van der Waals surface area (Å²) >= 11 is 6.20. The standard InChI is InChI=1S/C20H25ClN4.ClH/c21-18-5-3-4-17(12-18)19-14-22-8-11-25(19)15-16-6-7-20(23-13-16)24-9-1-2-10-24;/h3-7,12-13,19,22H,1-2,8-11,14-15H2;1H. The van der Waals surface area contributed by atoms with Crippen LogP contribution < -0.4 is 10.2 Å². The normalized spacial score (nSPS) is 20.8. The zero-order valence-electron chi connectivity index (χ0n) is 14.9. The molecule has 0 amide bonds. The van der Waals surface area contributed by atoms with Gasteiger partial charge in [-0.05, 0) is 42.2 Å². The highest BCUT2D eigenvalue weighted by Crippen LogP contribution is 2.26. The summed E-state index contributed by atoms with van der Waals surface area (Å²) in [5, 5.41) is 4.31. The molecule has 6 heteroatoms. The van der Waals surface area contributed by atoms with E-state index in [0.29, 0.717) is 6.04 Å². The number of rotatable bonds is 4. The van der Waals surface area contributed by atoms with Crippen molar-refractivity contribution in [2.45, 2.75) is 25.4 Å². The molecule has 0 aliphatic carbocycles. The van der Waals surface area contributed by atoms with E-state index in [9.17, 15) is 0 Å². The van der Waals surface area contributed by atoms with Crippen LogP contribution in [0.25, 0.3) is 0 Å². The summed E-state index contributed by atoms with van der Waals surface area (Å²) in [7, 11) is 0. The maximum absolute atomic E-state index is 6.20. The van der Waals surface area contributed by atoms with Crippen LogP contribution in [0.1, 0.15) is 30.0 Å². The summed E-state index contributed by atoms with van der Waals surface area (Å²) in [6, 6.07) is 13.0. The van der Waals surface area contributed by atoms with Crippen LogP contribution in [-0.2, 0) is 6.54 Å². The Bertz CT molecular complexity index is 701. The molecule has 2 saturated heterocycles. The number of nitrogens with one attached hydrogen (secondary N) is 1. The van der Waals surface area contributed by atoms with Gasteiger partial charge in [-0.2, -0.15) is 0 Å². The molecule has 2 aliphatic rings. The number of pyridine rings is 1. The van der Waals surface area contributed by atoms with Gasteiger partial charge in [-0.25, -0.2) is 4.98 Å². The van der Waals surface area contributed by atoms with Crippen molar-refractivity contribution in [2.24, 2.45) is 0 Å². The zero-order chi connectivity index (χ0) is 17.1. The van der Waals surface area contributed by atoms with Crippen molar-refractivity contribution in [3.05, 3.63) is 58.7 Å². The van der Waals surface area contributed by atoms with Crippen LogP contribution in [0.2, 0.25) is 5.02 Å². The van der Waals surface area contributed by atoms with Crippen LogP contribution >= 0.6 is 24.0 Å². The van der Waals surface area contributed by atoms with Gasteiger partial charge in [0.15, 0.2) is 0 Å². The molecular formula is C20H26Cl2N4. The second kappa shape index (κ2) is 9.05. The Morgan fingerprint density at radius 3 is 2.69 bits per heavy atom. The predicted octanol–water partition coefficient (Wildman–Crippen LogP) is 3.90. The summed E-state index contributed by atoms with van der Waals surface area (Å²) in [5.74, 6) is 1.12. The molecule has 2 aromatic rings. The Morgan fingerprint density at radius 1 is 1.12 bits per heavy atom. The van der Waals surface area contributed by atoms with Crippen molar-refractivity contribution < 1.29 is 0 Å². The Balaban J connectivity index is 0.00000196. The molecule has 4 rings (SSSR count). The Kier molecular flexibility index (Phi) is 6.76. The fraction of sp³-hybridized carbons (Fsp3) is 0.450. The second-order valence-electron chi connectivity index (χ2n) is 6.96. The number of piperazine rings is 1. The number of halogens is 2. The lowest BCUT2D eigenvalue weighted by Crippen LogP contribution is -2.45. The Morgan fingerprint density at radius 2 is 1.96 bits per heavy atom. The first-order chi connectivity index (χ1) is 12.3. The average Bonchev–Trinajstić information content (AvgIpc) is 3.18. The third-order valence-corrected chi connectivity index (χ3v) is 5.45. The van der Waals surface area contributed by atoms with E-state index in [1.165, 1.54) is 24.0 Å². The number of hydrogen-bond acceptors (Lipinski definition) is 4. The van der Waals surface area contributed by atoms with Gasteiger partial charge in [-0.1, -0.05) is 29.8 Å². The zero-order valence-corrected chi connectivity index (χ0v) is 16.5. The van der Waals surface area contributed by atoms with Crippen LogP contribution in [0, 0.1) is 0 Å². The van der Waals surface area contributed by atoms with Gasteiger partial charge in [0.05, 0.1) is 0 Å². The van der Waals surface area contributed by atoms with Crippen LogP contribution in [-0.4, -0.2) is 42.6 Å². The summed E-state index contributed by atoms with van der Waals surface area (Å²) in [4.78, 5) is 9.60. The van der Waals surface area contributed by atoms with Crippen LogP contribution in [0.3, 0.4) is 0 Å². The number of aromatic nitrogens is 1. The minimum absolute atomic E-state index is 0. The first-order valence-electron chi connectivity index (χ1n) is 9.20. The molecule has 2 aliphatic heterocycles. The van der Waals surface area contributed by atoms with E-state index in [1.54, 1.807) is 0 Å². The molecule has 1 atom stereocenters. The highest BCUT2D eigenvalue weighted by molar-refractivity contribution is 6.30. The maximum atomic E-state index is 6.20. The van der Waals surface area contributed by atoms with Crippen LogP contribution in [0.15, 0.2) is 42.6 Å². The van der Waals surface area contributed by atoms with E-state index in [4.69, 9.17) is 16.6 Å². The number of anilines is 1. The topological polar surface area (TPSA) is 31.4 Å². The summed E-state index contributed by atoms with van der Waals surface area (Å²) in [6.45, 7) is 6.22. The minimum atomic E-state index is 0. The van der Waals surface area contributed by atoms with Crippen molar-refractivity contribution in [3.8, 4) is 0 Å². The molecule has 0 spiro atoms. The monoisotopic (exact) mass is 392 g/mol. The summed E-state index contributed by atoms with van der Waals surface area (Å²) in [6.07, 6.45) is 4.61. The quantitative estimate of drug-likeness (QED) is 0.854. The maximum Gasteiger partial charge on any atom is 0.128 e. The number of benzene rings is 1. The molecule has 1 aromatic heterocycles. The molecule has 140 valence electrons. The molecule has 1 unspecified atom stereocenters. The van der Waals surface area contributed by atoms with E-state index in [2.05, 4.69) is 39.4 Å². The largest absolute Gasteiger partial charge is 0.357 e. The van der Waals surface area contributed by atoms with E-state index in [-0.39, 0.29) is 12.4 Å². The van der Waals surface area contributed by atoms with Crippen molar-refractivity contribution >= 4 is 29.8 Å². The molecule has 26 heavy (non-hydrogen) atoms. The van der Waals surface area contributed by atoms with Gasteiger partial charge in [-0.15, -0.1) is 12.4 Å². The number of hydrogen-bond donors (Lipinski definition) is 1. The summed E-state index contributed by atoms with van der Waals surface area (Å²) < 4.78 is 0. The molecular weight excluding hydrogens is 367 g/mol. The van der Waals surface area contributed by atoms with E-state index < -0.39 is 0 Å². The average molecular weight is 393 g/mol. The summed E-state index contributed by atoms with van der Waals surface area (Å²) in [5.41, 5.74) is 2.55.